The first kappa shape index (κ1) is 16.0. The Morgan fingerprint density at radius 3 is 2.45 bits per heavy atom. The highest BCUT2D eigenvalue weighted by Gasteiger charge is 2.03. The van der Waals surface area contributed by atoms with Crippen molar-refractivity contribution in [2.45, 2.75) is 27.2 Å². The lowest BCUT2D eigenvalue weighted by Gasteiger charge is -2.09. The molecule has 0 spiro atoms. The minimum Gasteiger partial charge on any atom is -0.357 e. The van der Waals surface area contributed by atoms with Crippen LogP contribution in [-0.4, -0.2) is 31.5 Å². The van der Waals surface area contributed by atoms with Gasteiger partial charge in [0.15, 0.2) is 5.96 Å². The van der Waals surface area contributed by atoms with E-state index in [2.05, 4.69) is 27.9 Å². The van der Waals surface area contributed by atoms with Crippen molar-refractivity contribution in [3.05, 3.63) is 29.8 Å². The summed E-state index contributed by atoms with van der Waals surface area (Å²) in [4.78, 5) is 16.1. The van der Waals surface area contributed by atoms with Crippen molar-refractivity contribution < 1.29 is 4.79 Å². The van der Waals surface area contributed by atoms with Gasteiger partial charge in [-0.1, -0.05) is 19.1 Å². The second-order valence-electron chi connectivity index (χ2n) is 4.33. The number of hydrogen-bond acceptors (Lipinski definition) is 2. The SMILES string of the molecule is CCNC(=NCC(=O)Nc1cccc(CC)c1)NCC. The molecule has 0 bridgehead atoms. The monoisotopic (exact) mass is 276 g/mol. The van der Waals surface area contributed by atoms with Crippen LogP contribution in [0.4, 0.5) is 5.69 Å². The number of guanidine groups is 1. The number of anilines is 1. The Balaban J connectivity index is 2.55. The fraction of sp³-hybridized carbons (Fsp3) is 0.467. The van der Waals surface area contributed by atoms with Gasteiger partial charge >= 0.3 is 0 Å². The number of hydrogen-bond donors (Lipinski definition) is 3. The summed E-state index contributed by atoms with van der Waals surface area (Å²) in [5.74, 6) is 0.541. The number of benzene rings is 1. The summed E-state index contributed by atoms with van der Waals surface area (Å²) >= 11 is 0. The second kappa shape index (κ2) is 8.96. The van der Waals surface area contributed by atoms with Gasteiger partial charge in [-0.2, -0.15) is 0 Å². The van der Waals surface area contributed by atoms with Crippen molar-refractivity contribution in [2.24, 2.45) is 4.99 Å². The van der Waals surface area contributed by atoms with Crippen molar-refractivity contribution >= 4 is 17.6 Å². The molecule has 0 fully saturated rings. The van der Waals surface area contributed by atoms with E-state index in [0.717, 1.165) is 25.2 Å². The molecule has 3 N–H and O–H groups in total. The van der Waals surface area contributed by atoms with E-state index in [1.807, 2.05) is 38.1 Å². The van der Waals surface area contributed by atoms with E-state index < -0.39 is 0 Å². The van der Waals surface area contributed by atoms with E-state index in [1.165, 1.54) is 5.56 Å². The van der Waals surface area contributed by atoms with Gasteiger partial charge in [-0.3, -0.25) is 4.79 Å². The maximum Gasteiger partial charge on any atom is 0.246 e. The normalized spacial score (nSPS) is 9.75. The van der Waals surface area contributed by atoms with Gasteiger partial charge in [0.2, 0.25) is 5.91 Å². The Morgan fingerprint density at radius 1 is 1.15 bits per heavy atom. The van der Waals surface area contributed by atoms with Crippen molar-refractivity contribution in [1.29, 1.82) is 0 Å². The molecule has 1 rings (SSSR count). The lowest BCUT2D eigenvalue weighted by Crippen LogP contribution is -2.37. The summed E-state index contributed by atoms with van der Waals surface area (Å²) < 4.78 is 0. The minimum absolute atomic E-state index is 0.103. The zero-order chi connectivity index (χ0) is 14.8. The lowest BCUT2D eigenvalue weighted by molar-refractivity contribution is -0.114. The van der Waals surface area contributed by atoms with Gasteiger partial charge in [0.05, 0.1) is 0 Å². The van der Waals surface area contributed by atoms with Crippen LogP contribution in [0.1, 0.15) is 26.3 Å². The number of aryl methyl sites for hydroxylation is 1. The fourth-order valence-electron chi connectivity index (χ4n) is 1.73. The largest absolute Gasteiger partial charge is 0.357 e. The van der Waals surface area contributed by atoms with Crippen molar-refractivity contribution in [3.63, 3.8) is 0 Å². The van der Waals surface area contributed by atoms with E-state index in [0.29, 0.717) is 5.96 Å². The number of nitrogens with one attached hydrogen (secondary N) is 3. The number of amides is 1. The highest BCUT2D eigenvalue weighted by atomic mass is 16.1. The van der Waals surface area contributed by atoms with E-state index in [4.69, 9.17) is 0 Å². The Kier molecular flexibility index (Phi) is 7.17. The third-order valence-electron chi connectivity index (χ3n) is 2.69. The summed E-state index contributed by atoms with van der Waals surface area (Å²) in [5, 5.41) is 9.01. The third kappa shape index (κ3) is 5.73. The van der Waals surface area contributed by atoms with Gasteiger partial charge in [-0.25, -0.2) is 4.99 Å². The van der Waals surface area contributed by atoms with Gasteiger partial charge in [-0.05, 0) is 38.0 Å². The first-order chi connectivity index (χ1) is 9.69. The molecule has 0 aliphatic heterocycles. The average Bonchev–Trinajstić information content (AvgIpc) is 2.45. The predicted octanol–water partition coefficient (Wildman–Crippen LogP) is 1.76. The molecule has 1 amide bonds. The molecule has 0 aliphatic rings. The van der Waals surface area contributed by atoms with E-state index >= 15 is 0 Å². The Morgan fingerprint density at radius 2 is 1.85 bits per heavy atom. The zero-order valence-corrected chi connectivity index (χ0v) is 12.5. The van der Waals surface area contributed by atoms with Crippen LogP contribution in [0.5, 0.6) is 0 Å². The molecule has 20 heavy (non-hydrogen) atoms. The first-order valence-corrected chi connectivity index (χ1v) is 7.10. The molecule has 0 aromatic heterocycles. The maximum absolute atomic E-state index is 11.9. The first-order valence-electron chi connectivity index (χ1n) is 7.10. The molecule has 0 aliphatic carbocycles. The van der Waals surface area contributed by atoms with E-state index in [9.17, 15) is 4.79 Å². The number of carbonyl (C=O) groups excluding carboxylic acids is 1. The molecule has 0 unspecified atom stereocenters. The van der Waals surface area contributed by atoms with E-state index in [1.54, 1.807) is 0 Å². The maximum atomic E-state index is 11.9. The molecule has 0 saturated heterocycles. The van der Waals surface area contributed by atoms with Gasteiger partial charge in [0, 0.05) is 18.8 Å². The summed E-state index contributed by atoms with van der Waals surface area (Å²) in [6.45, 7) is 7.71. The van der Waals surface area contributed by atoms with Crippen LogP contribution in [-0.2, 0) is 11.2 Å². The number of rotatable bonds is 6. The highest BCUT2D eigenvalue weighted by molar-refractivity contribution is 5.94. The quantitative estimate of drug-likeness (QED) is 0.548. The van der Waals surface area contributed by atoms with Crippen LogP contribution in [0.3, 0.4) is 0 Å². The molecule has 5 nitrogen and oxygen atoms in total. The molecule has 0 atom stereocenters. The molecule has 110 valence electrons. The number of carbonyl (C=O) groups is 1. The van der Waals surface area contributed by atoms with Crippen LogP contribution in [0.2, 0.25) is 0 Å². The Hall–Kier alpha value is -2.04. The highest BCUT2D eigenvalue weighted by Crippen LogP contribution is 2.10. The molecule has 0 radical (unpaired) electrons. The smallest absolute Gasteiger partial charge is 0.246 e. The number of nitrogens with zero attached hydrogens (tertiary/aromatic N) is 1. The van der Waals surface area contributed by atoms with E-state index in [-0.39, 0.29) is 12.5 Å². The minimum atomic E-state index is -0.119. The standard InChI is InChI=1S/C15H24N4O/c1-4-12-8-7-9-13(10-12)19-14(20)11-18-15(16-5-2)17-6-3/h7-10H,4-6,11H2,1-3H3,(H,19,20)(H2,16,17,18). The fourth-order valence-corrected chi connectivity index (χ4v) is 1.73. The van der Waals surface area contributed by atoms with Gasteiger partial charge in [0.25, 0.3) is 0 Å². The number of aliphatic imine (C=N–C) groups is 1. The average molecular weight is 276 g/mol. The van der Waals surface area contributed by atoms with Gasteiger partial charge in [-0.15, -0.1) is 0 Å². The summed E-state index contributed by atoms with van der Waals surface area (Å²) in [7, 11) is 0. The predicted molar refractivity (Wildman–Crippen MR) is 84.1 cm³/mol. The molecule has 0 saturated carbocycles. The Labute approximate surface area is 120 Å². The van der Waals surface area contributed by atoms with Crippen molar-refractivity contribution in [1.82, 2.24) is 10.6 Å². The van der Waals surface area contributed by atoms with Crippen LogP contribution >= 0.6 is 0 Å². The molecular formula is C15H24N4O. The Bertz CT molecular complexity index is 449. The summed E-state index contributed by atoms with van der Waals surface area (Å²) in [6, 6.07) is 7.86. The lowest BCUT2D eigenvalue weighted by atomic mass is 10.1. The molecular weight excluding hydrogens is 252 g/mol. The van der Waals surface area contributed by atoms with Gasteiger partial charge in [0.1, 0.15) is 6.54 Å². The van der Waals surface area contributed by atoms with Crippen LogP contribution in [0.15, 0.2) is 29.3 Å². The van der Waals surface area contributed by atoms with Crippen LogP contribution in [0, 0.1) is 0 Å². The molecule has 5 heteroatoms. The second-order valence-corrected chi connectivity index (χ2v) is 4.33. The summed E-state index contributed by atoms with van der Waals surface area (Å²) in [5.41, 5.74) is 2.02. The third-order valence-corrected chi connectivity index (χ3v) is 2.69. The van der Waals surface area contributed by atoms with Crippen molar-refractivity contribution in [2.75, 3.05) is 25.0 Å². The molecule has 0 heterocycles. The van der Waals surface area contributed by atoms with Gasteiger partial charge < -0.3 is 16.0 Å². The topological polar surface area (TPSA) is 65.5 Å². The molecule has 1 aromatic carbocycles. The van der Waals surface area contributed by atoms with Crippen molar-refractivity contribution in [3.8, 4) is 0 Å². The van der Waals surface area contributed by atoms with Crippen LogP contribution < -0.4 is 16.0 Å². The van der Waals surface area contributed by atoms with Crippen LogP contribution in [0.25, 0.3) is 0 Å². The zero-order valence-electron chi connectivity index (χ0n) is 12.5. The molecule has 1 aromatic rings. The summed E-state index contributed by atoms with van der Waals surface area (Å²) in [6.07, 6.45) is 0.951.